The lowest BCUT2D eigenvalue weighted by atomic mass is 9.82. The van der Waals surface area contributed by atoms with Gasteiger partial charge >= 0.3 is 5.97 Å². The summed E-state index contributed by atoms with van der Waals surface area (Å²) in [6.07, 6.45) is 3.09. The molecule has 2 N–H and O–H groups in total. The molecule has 8 nitrogen and oxygen atoms in total. The average molecular weight is 490 g/mol. The topological polar surface area (TPSA) is 93.5 Å². The van der Waals surface area contributed by atoms with Gasteiger partial charge in [-0.3, -0.25) is 4.79 Å². The van der Waals surface area contributed by atoms with E-state index in [4.69, 9.17) is 4.74 Å². The third kappa shape index (κ3) is 4.54. The molecule has 1 aromatic heterocycles. The van der Waals surface area contributed by atoms with Gasteiger partial charge in [-0.1, -0.05) is 60.7 Å². The summed E-state index contributed by atoms with van der Waals surface area (Å²) in [4.78, 5) is 26.6. The minimum Gasteiger partial charge on any atom is -0.453 e. The quantitative estimate of drug-likeness (QED) is 0.375. The maximum absolute atomic E-state index is 13.7. The van der Waals surface area contributed by atoms with E-state index in [-0.39, 0.29) is 17.9 Å². The molecule has 3 aliphatic rings. The number of ether oxygens (including phenoxy) is 1. The van der Waals surface area contributed by atoms with Crippen molar-refractivity contribution in [2.75, 3.05) is 31.5 Å². The Labute approximate surface area is 211 Å². The molecule has 36 heavy (non-hydrogen) atoms. The first kappa shape index (κ1) is 24.2. The zero-order valence-electron chi connectivity index (χ0n) is 20.5. The Hall–Kier alpha value is -3.49. The van der Waals surface area contributed by atoms with Gasteiger partial charge in [0.25, 0.3) is 5.91 Å². The lowest BCUT2D eigenvalue weighted by molar-refractivity contribution is -0.939. The molecule has 1 amide bonds. The van der Waals surface area contributed by atoms with Crippen LogP contribution in [0.15, 0.2) is 72.9 Å². The number of carbonyl (C=O) groups excluding carboxylic acids is 2. The number of nitrogens with zero attached hydrogens (tertiary/aromatic N) is 3. The van der Waals surface area contributed by atoms with Crippen LogP contribution in [0.4, 0.5) is 5.82 Å². The molecule has 4 heterocycles. The standard InChI is InChI=1S/C28H32N4O4/c1-2-31-25(13-16-29-31)30-26(33)20-32-17-14-21(15-18-32)24(19-32)36-27(34)28(35,22-9-5-3-6-10-22)23-11-7-4-8-12-23/h3-13,16,21,24,35H,2,14-15,17-20H2,1H3/p+1/t21?,24-,32?/m0/s1. The number of aromatic nitrogens is 2. The number of piperidine rings is 3. The van der Waals surface area contributed by atoms with Crippen LogP contribution in [0.1, 0.15) is 30.9 Å². The van der Waals surface area contributed by atoms with Crippen molar-refractivity contribution in [3.05, 3.63) is 84.1 Å². The fourth-order valence-corrected chi connectivity index (χ4v) is 5.74. The molecule has 0 radical (unpaired) electrons. The number of anilines is 1. The van der Waals surface area contributed by atoms with Crippen LogP contribution < -0.4 is 5.32 Å². The van der Waals surface area contributed by atoms with Gasteiger partial charge < -0.3 is 19.6 Å². The van der Waals surface area contributed by atoms with Crippen molar-refractivity contribution in [2.24, 2.45) is 5.92 Å². The van der Waals surface area contributed by atoms with Crippen molar-refractivity contribution in [1.29, 1.82) is 0 Å². The molecule has 2 aromatic carbocycles. The minimum absolute atomic E-state index is 0.0688. The summed E-state index contributed by atoms with van der Waals surface area (Å²) in [5.74, 6) is 0.175. The molecule has 0 unspecified atom stereocenters. The van der Waals surface area contributed by atoms with Gasteiger partial charge in [-0.05, 0) is 18.1 Å². The van der Waals surface area contributed by atoms with Crippen LogP contribution in [-0.2, 0) is 26.5 Å². The van der Waals surface area contributed by atoms with Gasteiger partial charge in [0.05, 0.1) is 19.3 Å². The highest BCUT2D eigenvalue weighted by Crippen LogP contribution is 2.38. The lowest BCUT2D eigenvalue weighted by Crippen LogP contribution is -2.66. The second-order valence-corrected chi connectivity index (χ2v) is 9.93. The highest BCUT2D eigenvalue weighted by molar-refractivity contribution is 5.90. The van der Waals surface area contributed by atoms with Crippen LogP contribution in [0.2, 0.25) is 0 Å². The zero-order chi connectivity index (χ0) is 25.2. The molecular weight excluding hydrogens is 456 g/mol. The number of hydrogen-bond donors (Lipinski definition) is 2. The number of carbonyl (C=O) groups is 2. The summed E-state index contributed by atoms with van der Waals surface area (Å²) in [5, 5.41) is 19.0. The Morgan fingerprint density at radius 3 is 2.25 bits per heavy atom. The second-order valence-electron chi connectivity index (χ2n) is 9.93. The maximum Gasteiger partial charge on any atom is 0.348 e. The van der Waals surface area contributed by atoms with E-state index in [9.17, 15) is 14.7 Å². The van der Waals surface area contributed by atoms with Crippen LogP contribution in [0.3, 0.4) is 0 Å². The van der Waals surface area contributed by atoms with E-state index in [0.717, 1.165) is 25.9 Å². The summed E-state index contributed by atoms with van der Waals surface area (Å²) in [6, 6.07) is 19.6. The molecule has 3 aromatic rings. The molecule has 0 spiro atoms. The summed E-state index contributed by atoms with van der Waals surface area (Å²) in [7, 11) is 0. The molecule has 188 valence electrons. The normalized spacial score (nSPS) is 23.3. The zero-order valence-corrected chi connectivity index (χ0v) is 20.5. The Bertz CT molecular complexity index is 1160. The summed E-state index contributed by atoms with van der Waals surface area (Å²) in [6.45, 7) is 5.29. The van der Waals surface area contributed by atoms with E-state index in [2.05, 4.69) is 10.4 Å². The van der Waals surface area contributed by atoms with Gasteiger partial charge in [0.1, 0.15) is 12.4 Å². The Morgan fingerprint density at radius 2 is 1.67 bits per heavy atom. The SMILES string of the molecule is CCn1nccc1NC(=O)C[N+]12CCC(CC1)[C@@H](OC(=O)C(O)(c1ccccc1)c1ccccc1)C2. The van der Waals surface area contributed by atoms with Gasteiger partial charge in [0, 0.05) is 31.4 Å². The molecule has 3 saturated heterocycles. The number of rotatable bonds is 8. The highest BCUT2D eigenvalue weighted by Gasteiger charge is 2.51. The van der Waals surface area contributed by atoms with Crippen molar-refractivity contribution >= 4 is 17.7 Å². The molecule has 0 aliphatic carbocycles. The third-order valence-corrected chi connectivity index (χ3v) is 7.74. The Morgan fingerprint density at radius 1 is 1.06 bits per heavy atom. The number of benzene rings is 2. The van der Waals surface area contributed by atoms with E-state index in [0.29, 0.717) is 41.1 Å². The number of amides is 1. The summed E-state index contributed by atoms with van der Waals surface area (Å²) in [5.41, 5.74) is -0.966. The maximum atomic E-state index is 13.7. The van der Waals surface area contributed by atoms with Crippen LogP contribution in [0.5, 0.6) is 0 Å². The largest absolute Gasteiger partial charge is 0.453 e. The Kier molecular flexibility index (Phi) is 6.64. The monoisotopic (exact) mass is 489 g/mol. The van der Waals surface area contributed by atoms with Crippen LogP contribution >= 0.6 is 0 Å². The van der Waals surface area contributed by atoms with Crippen molar-refractivity contribution in [2.45, 2.75) is 38.0 Å². The first-order chi connectivity index (χ1) is 17.4. The van der Waals surface area contributed by atoms with Crippen LogP contribution in [0, 0.1) is 5.92 Å². The third-order valence-electron chi connectivity index (χ3n) is 7.74. The number of aliphatic hydroxyl groups is 1. The number of nitrogens with one attached hydrogen (secondary N) is 1. The van der Waals surface area contributed by atoms with Gasteiger partial charge in [-0.15, -0.1) is 0 Å². The van der Waals surface area contributed by atoms with Crippen LogP contribution in [0.25, 0.3) is 0 Å². The van der Waals surface area contributed by atoms with Gasteiger partial charge in [-0.2, -0.15) is 5.10 Å². The van der Waals surface area contributed by atoms with E-state index in [1.807, 2.05) is 19.1 Å². The smallest absolute Gasteiger partial charge is 0.348 e. The second kappa shape index (κ2) is 9.87. The molecule has 3 aliphatic heterocycles. The van der Waals surface area contributed by atoms with Gasteiger partial charge in [-0.25, -0.2) is 9.48 Å². The average Bonchev–Trinajstić information content (AvgIpc) is 3.36. The van der Waals surface area contributed by atoms with Gasteiger partial charge in [0.2, 0.25) is 5.60 Å². The predicted octanol–water partition coefficient (Wildman–Crippen LogP) is 2.93. The van der Waals surface area contributed by atoms with Crippen LogP contribution in [-0.4, -0.2) is 63.5 Å². The molecule has 2 bridgehead atoms. The highest BCUT2D eigenvalue weighted by atomic mass is 16.6. The minimum atomic E-state index is -1.91. The Balaban J connectivity index is 1.33. The number of aryl methyl sites for hydroxylation is 1. The molecular formula is C28H33N4O4+. The first-order valence-electron chi connectivity index (χ1n) is 12.6. The first-order valence-corrected chi connectivity index (χ1v) is 12.6. The van der Waals surface area contributed by atoms with Gasteiger partial charge in [0.15, 0.2) is 12.6 Å². The number of esters is 1. The van der Waals surface area contributed by atoms with Crippen molar-refractivity contribution in [3.63, 3.8) is 0 Å². The predicted molar refractivity (Wildman–Crippen MR) is 135 cm³/mol. The van der Waals surface area contributed by atoms with Crippen molar-refractivity contribution in [3.8, 4) is 0 Å². The van der Waals surface area contributed by atoms with E-state index >= 15 is 0 Å². The summed E-state index contributed by atoms with van der Waals surface area (Å²) < 4.78 is 8.43. The number of fused-ring (bicyclic) bond motifs is 3. The molecule has 3 fully saturated rings. The van der Waals surface area contributed by atoms with E-state index in [1.54, 1.807) is 65.5 Å². The lowest BCUT2D eigenvalue weighted by Gasteiger charge is -2.51. The molecule has 6 rings (SSSR count). The van der Waals surface area contributed by atoms with E-state index < -0.39 is 11.6 Å². The summed E-state index contributed by atoms with van der Waals surface area (Å²) >= 11 is 0. The molecule has 8 heteroatoms. The number of quaternary nitrogens is 1. The fraction of sp³-hybridized carbons (Fsp3) is 0.393. The molecule has 0 saturated carbocycles. The molecule has 1 atom stereocenters. The van der Waals surface area contributed by atoms with Crippen molar-refractivity contribution < 1.29 is 23.9 Å². The van der Waals surface area contributed by atoms with E-state index in [1.165, 1.54) is 0 Å². The van der Waals surface area contributed by atoms with Crippen molar-refractivity contribution in [1.82, 2.24) is 9.78 Å². The number of hydrogen-bond acceptors (Lipinski definition) is 5. The fourth-order valence-electron chi connectivity index (χ4n) is 5.74.